The lowest BCUT2D eigenvalue weighted by molar-refractivity contribution is 0.229. The number of thioether (sulfide) groups is 1. The van der Waals surface area contributed by atoms with Gasteiger partial charge in [-0.05, 0) is 29.8 Å². The van der Waals surface area contributed by atoms with Gasteiger partial charge in [0.1, 0.15) is 11.9 Å². The molecular formula is C22H21N5OS. The van der Waals surface area contributed by atoms with Gasteiger partial charge in [0, 0.05) is 17.6 Å². The van der Waals surface area contributed by atoms with Gasteiger partial charge in [-0.25, -0.2) is 0 Å². The molecule has 0 amide bonds. The van der Waals surface area contributed by atoms with Crippen LogP contribution in [0, 0.1) is 0 Å². The van der Waals surface area contributed by atoms with Crippen molar-refractivity contribution in [2.45, 2.75) is 17.9 Å². The molecule has 0 saturated carbocycles. The number of hydrogen-bond donors (Lipinski definition) is 2. The van der Waals surface area contributed by atoms with E-state index in [1.807, 2.05) is 71.3 Å². The molecule has 2 aromatic heterocycles. The summed E-state index contributed by atoms with van der Waals surface area (Å²) in [6.07, 6.45) is 1.04. The normalized spacial score (nSPS) is 11.9. The molecule has 0 fully saturated rings. The van der Waals surface area contributed by atoms with Gasteiger partial charge >= 0.3 is 0 Å². The number of para-hydroxylation sites is 1. The summed E-state index contributed by atoms with van der Waals surface area (Å²) in [5.74, 6) is 1.15. The molecule has 4 rings (SSSR count). The van der Waals surface area contributed by atoms with Crippen LogP contribution in [0.2, 0.25) is 0 Å². The number of rotatable bonds is 8. The second-order valence-electron chi connectivity index (χ2n) is 6.43. The minimum absolute atomic E-state index is 0.435. The molecule has 0 bridgehead atoms. The third-order valence-corrected chi connectivity index (χ3v) is 5.31. The molecule has 0 aliphatic rings. The smallest absolute Gasteiger partial charge is 0.192 e. The van der Waals surface area contributed by atoms with Crippen molar-refractivity contribution in [3.8, 4) is 11.5 Å². The fraction of sp³-hybridized carbons (Fsp3) is 0.136. The highest BCUT2D eigenvalue weighted by Crippen LogP contribution is 2.24. The maximum Gasteiger partial charge on any atom is 0.192 e. The van der Waals surface area contributed by atoms with Crippen molar-refractivity contribution in [2.24, 2.45) is 0 Å². The molecule has 0 radical (unpaired) electrons. The van der Waals surface area contributed by atoms with Crippen LogP contribution in [-0.4, -0.2) is 36.8 Å². The fourth-order valence-electron chi connectivity index (χ4n) is 2.91. The highest BCUT2D eigenvalue weighted by atomic mass is 32.2. The van der Waals surface area contributed by atoms with Gasteiger partial charge in [-0.15, -0.1) is 10.2 Å². The molecule has 6 nitrogen and oxygen atoms in total. The predicted molar refractivity (Wildman–Crippen MR) is 116 cm³/mol. The molecule has 29 heavy (non-hydrogen) atoms. The molecule has 4 aromatic rings. The van der Waals surface area contributed by atoms with Crippen LogP contribution in [0.3, 0.4) is 0 Å². The zero-order valence-electron chi connectivity index (χ0n) is 15.7. The predicted octanol–water partition coefficient (Wildman–Crippen LogP) is 3.91. The number of hydrogen-bond acceptors (Lipinski definition) is 6. The van der Waals surface area contributed by atoms with Crippen molar-refractivity contribution in [2.75, 3.05) is 11.1 Å². The number of aliphatic hydroxyl groups is 1. The summed E-state index contributed by atoms with van der Waals surface area (Å²) in [7, 11) is 0. The minimum atomic E-state index is -0.706. The SMILES string of the molecule is OC(CSc1nnc(-c2ccccn2)n1Cc1ccccc1)Nc1ccccc1. The van der Waals surface area contributed by atoms with Crippen molar-refractivity contribution in [1.82, 2.24) is 19.7 Å². The molecular weight excluding hydrogens is 382 g/mol. The first-order chi connectivity index (χ1) is 14.3. The Hall–Kier alpha value is -3.16. The average molecular weight is 404 g/mol. The summed E-state index contributed by atoms with van der Waals surface area (Å²) >= 11 is 1.46. The van der Waals surface area contributed by atoms with E-state index in [0.717, 1.165) is 22.1 Å². The largest absolute Gasteiger partial charge is 0.373 e. The number of pyridine rings is 1. The maximum absolute atomic E-state index is 10.4. The van der Waals surface area contributed by atoms with Crippen molar-refractivity contribution in [1.29, 1.82) is 0 Å². The molecule has 1 unspecified atom stereocenters. The Bertz CT molecular complexity index is 1030. The molecule has 2 N–H and O–H groups in total. The van der Waals surface area contributed by atoms with Crippen LogP contribution in [0.15, 0.2) is 90.2 Å². The van der Waals surface area contributed by atoms with E-state index in [0.29, 0.717) is 18.1 Å². The van der Waals surface area contributed by atoms with E-state index in [-0.39, 0.29) is 0 Å². The number of nitrogens with zero attached hydrogens (tertiary/aromatic N) is 4. The van der Waals surface area contributed by atoms with Crippen molar-refractivity contribution in [3.05, 3.63) is 90.6 Å². The number of anilines is 1. The molecule has 2 aromatic carbocycles. The summed E-state index contributed by atoms with van der Waals surface area (Å²) in [5, 5.41) is 22.9. The van der Waals surface area contributed by atoms with Crippen LogP contribution < -0.4 is 5.32 Å². The van der Waals surface area contributed by atoms with Crippen LogP contribution in [0.4, 0.5) is 5.69 Å². The molecule has 1 atom stereocenters. The van der Waals surface area contributed by atoms with Gasteiger partial charge in [-0.2, -0.15) is 0 Å². The van der Waals surface area contributed by atoms with E-state index in [1.54, 1.807) is 6.20 Å². The summed E-state index contributed by atoms with van der Waals surface area (Å²) in [5.41, 5.74) is 2.79. The Labute approximate surface area is 173 Å². The van der Waals surface area contributed by atoms with Crippen LogP contribution in [0.1, 0.15) is 5.56 Å². The fourth-order valence-corrected chi connectivity index (χ4v) is 3.71. The lowest BCUT2D eigenvalue weighted by Crippen LogP contribution is -2.21. The molecule has 0 aliphatic carbocycles. The van der Waals surface area contributed by atoms with Gasteiger partial charge < -0.3 is 10.4 Å². The quantitative estimate of drug-likeness (QED) is 0.343. The molecule has 0 saturated heterocycles. The Morgan fingerprint density at radius 2 is 1.62 bits per heavy atom. The van der Waals surface area contributed by atoms with Crippen molar-refractivity contribution < 1.29 is 5.11 Å². The minimum Gasteiger partial charge on any atom is -0.373 e. The van der Waals surface area contributed by atoms with E-state index in [4.69, 9.17) is 0 Å². The molecule has 2 heterocycles. The summed E-state index contributed by atoms with van der Waals surface area (Å²) < 4.78 is 2.04. The van der Waals surface area contributed by atoms with E-state index < -0.39 is 6.23 Å². The van der Waals surface area contributed by atoms with Crippen LogP contribution >= 0.6 is 11.8 Å². The lowest BCUT2D eigenvalue weighted by atomic mass is 10.2. The zero-order chi connectivity index (χ0) is 19.9. The lowest BCUT2D eigenvalue weighted by Gasteiger charge is -2.14. The van der Waals surface area contributed by atoms with Gasteiger partial charge in [-0.3, -0.25) is 9.55 Å². The monoisotopic (exact) mass is 403 g/mol. The van der Waals surface area contributed by atoms with E-state index in [2.05, 4.69) is 32.6 Å². The number of aliphatic hydroxyl groups excluding tert-OH is 1. The van der Waals surface area contributed by atoms with Crippen LogP contribution in [0.5, 0.6) is 0 Å². The van der Waals surface area contributed by atoms with E-state index in [1.165, 1.54) is 11.8 Å². The molecule has 7 heteroatoms. The van der Waals surface area contributed by atoms with Crippen LogP contribution in [0.25, 0.3) is 11.5 Å². The number of aromatic nitrogens is 4. The second kappa shape index (κ2) is 9.36. The van der Waals surface area contributed by atoms with Crippen molar-refractivity contribution in [3.63, 3.8) is 0 Å². The van der Waals surface area contributed by atoms with E-state index in [9.17, 15) is 5.11 Å². The Balaban J connectivity index is 1.53. The molecule has 0 aliphatic heterocycles. The highest BCUT2D eigenvalue weighted by Gasteiger charge is 2.17. The first-order valence-electron chi connectivity index (χ1n) is 9.30. The van der Waals surface area contributed by atoms with Crippen molar-refractivity contribution >= 4 is 17.4 Å². The topological polar surface area (TPSA) is 75.9 Å². The Morgan fingerprint density at radius 1 is 0.897 bits per heavy atom. The van der Waals surface area contributed by atoms with Gasteiger partial charge in [0.05, 0.1) is 6.54 Å². The summed E-state index contributed by atoms with van der Waals surface area (Å²) in [4.78, 5) is 4.42. The maximum atomic E-state index is 10.4. The summed E-state index contributed by atoms with van der Waals surface area (Å²) in [6.45, 7) is 0.629. The van der Waals surface area contributed by atoms with Gasteiger partial charge in [0.15, 0.2) is 11.0 Å². The number of benzene rings is 2. The Kier molecular flexibility index (Phi) is 6.19. The highest BCUT2D eigenvalue weighted by molar-refractivity contribution is 7.99. The summed E-state index contributed by atoms with van der Waals surface area (Å²) in [6, 6.07) is 25.5. The standard InChI is InChI=1S/C22H21N5OS/c28-20(24-18-11-5-2-6-12-18)16-29-22-26-25-21(19-13-7-8-14-23-19)27(22)15-17-9-3-1-4-10-17/h1-14,20,24,28H,15-16H2. The third-order valence-electron chi connectivity index (χ3n) is 4.27. The average Bonchev–Trinajstić information content (AvgIpc) is 3.17. The first-order valence-corrected chi connectivity index (χ1v) is 10.3. The van der Waals surface area contributed by atoms with Gasteiger partial charge in [-0.1, -0.05) is 66.4 Å². The molecule has 0 spiro atoms. The zero-order valence-corrected chi connectivity index (χ0v) is 16.5. The first kappa shape index (κ1) is 19.2. The molecule has 146 valence electrons. The van der Waals surface area contributed by atoms with Gasteiger partial charge in [0.2, 0.25) is 0 Å². The third kappa shape index (κ3) is 5.01. The number of nitrogens with one attached hydrogen (secondary N) is 1. The van der Waals surface area contributed by atoms with E-state index >= 15 is 0 Å². The van der Waals surface area contributed by atoms with Crippen LogP contribution in [-0.2, 0) is 6.54 Å². The van der Waals surface area contributed by atoms with Gasteiger partial charge in [0.25, 0.3) is 0 Å². The Morgan fingerprint density at radius 3 is 2.34 bits per heavy atom. The second-order valence-corrected chi connectivity index (χ2v) is 7.42.